The van der Waals surface area contributed by atoms with Crippen molar-refractivity contribution < 1.29 is 14.7 Å². The van der Waals surface area contributed by atoms with E-state index in [9.17, 15) is 9.59 Å². The van der Waals surface area contributed by atoms with Crippen LogP contribution in [0.4, 0.5) is 10.5 Å². The minimum absolute atomic E-state index is 0.118. The lowest BCUT2D eigenvalue weighted by molar-refractivity contribution is 0.0698. The average molecular weight is 248 g/mol. The predicted molar refractivity (Wildman–Crippen MR) is 67.9 cm³/mol. The first-order chi connectivity index (χ1) is 8.49. The van der Waals surface area contributed by atoms with Crippen LogP contribution in [0.1, 0.15) is 28.8 Å². The number of aryl methyl sites for hydroxylation is 1. The molecule has 18 heavy (non-hydrogen) atoms. The predicted octanol–water partition coefficient (Wildman–Crippen LogP) is 2.32. The molecule has 0 atom stereocenters. The summed E-state index contributed by atoms with van der Waals surface area (Å²) in [5.74, 6) is -1.04. The van der Waals surface area contributed by atoms with Crippen LogP contribution in [0.25, 0.3) is 0 Å². The molecule has 5 nitrogen and oxygen atoms in total. The van der Waals surface area contributed by atoms with Crippen molar-refractivity contribution in [1.82, 2.24) is 4.90 Å². The van der Waals surface area contributed by atoms with Gasteiger partial charge in [-0.2, -0.15) is 0 Å². The third-order valence-corrected chi connectivity index (χ3v) is 3.06. The Hall–Kier alpha value is -2.04. The van der Waals surface area contributed by atoms with Crippen LogP contribution in [0.15, 0.2) is 18.2 Å². The molecule has 0 bridgehead atoms. The number of carbonyl (C=O) groups excluding carboxylic acids is 1. The van der Waals surface area contributed by atoms with Crippen LogP contribution in [0.2, 0.25) is 0 Å². The number of carboxylic acids is 1. The molecule has 1 aromatic rings. The number of nitrogens with one attached hydrogen (secondary N) is 1. The maximum Gasteiger partial charge on any atom is 0.337 e. The van der Waals surface area contributed by atoms with Crippen molar-refractivity contribution in [1.29, 1.82) is 0 Å². The molecule has 1 fully saturated rings. The molecule has 2 N–H and O–H groups in total. The molecule has 0 heterocycles. The molecule has 0 aliphatic heterocycles. The SMILES string of the molecule is Cc1ccc(NC(=O)N(C)C2CC2)c(C(=O)O)c1. The fourth-order valence-corrected chi connectivity index (χ4v) is 1.78. The summed E-state index contributed by atoms with van der Waals surface area (Å²) in [7, 11) is 1.72. The van der Waals surface area contributed by atoms with E-state index in [0.717, 1.165) is 18.4 Å². The third-order valence-electron chi connectivity index (χ3n) is 3.06. The van der Waals surface area contributed by atoms with E-state index in [1.807, 2.05) is 6.92 Å². The van der Waals surface area contributed by atoms with Crippen molar-refractivity contribution >= 4 is 17.7 Å². The average Bonchev–Trinajstić information content (AvgIpc) is 3.14. The maximum atomic E-state index is 11.9. The number of carbonyl (C=O) groups is 2. The van der Waals surface area contributed by atoms with Crippen LogP contribution >= 0.6 is 0 Å². The summed E-state index contributed by atoms with van der Waals surface area (Å²) in [5.41, 5.74) is 1.30. The normalized spacial score (nSPS) is 14.1. The summed E-state index contributed by atoms with van der Waals surface area (Å²) < 4.78 is 0. The lowest BCUT2D eigenvalue weighted by atomic mass is 10.1. The lowest BCUT2D eigenvalue weighted by Crippen LogP contribution is -2.33. The largest absolute Gasteiger partial charge is 0.478 e. The fraction of sp³-hybridized carbons (Fsp3) is 0.385. The quantitative estimate of drug-likeness (QED) is 0.862. The Kier molecular flexibility index (Phi) is 3.23. The molecular weight excluding hydrogens is 232 g/mol. The van der Waals surface area contributed by atoms with Crippen LogP contribution in [0.5, 0.6) is 0 Å². The number of anilines is 1. The van der Waals surface area contributed by atoms with Gasteiger partial charge in [-0.25, -0.2) is 9.59 Å². The van der Waals surface area contributed by atoms with Crippen molar-refractivity contribution in [2.24, 2.45) is 0 Å². The van der Waals surface area contributed by atoms with E-state index in [1.54, 1.807) is 30.1 Å². The zero-order valence-corrected chi connectivity index (χ0v) is 10.4. The number of rotatable bonds is 3. The molecule has 0 radical (unpaired) electrons. The molecule has 1 aliphatic rings. The Labute approximate surface area is 105 Å². The van der Waals surface area contributed by atoms with Crippen molar-refractivity contribution in [2.75, 3.05) is 12.4 Å². The molecule has 1 saturated carbocycles. The Morgan fingerprint density at radius 1 is 1.39 bits per heavy atom. The monoisotopic (exact) mass is 248 g/mol. The van der Waals surface area contributed by atoms with Gasteiger partial charge in [0.05, 0.1) is 11.3 Å². The highest BCUT2D eigenvalue weighted by molar-refractivity contribution is 6.00. The van der Waals surface area contributed by atoms with Crippen LogP contribution in [0.3, 0.4) is 0 Å². The number of amides is 2. The van der Waals surface area contributed by atoms with Gasteiger partial charge in [0.2, 0.25) is 0 Å². The van der Waals surface area contributed by atoms with Crippen molar-refractivity contribution in [3.05, 3.63) is 29.3 Å². The summed E-state index contributed by atoms with van der Waals surface area (Å²) in [6, 6.07) is 4.98. The van der Waals surface area contributed by atoms with Crippen LogP contribution in [0, 0.1) is 6.92 Å². The molecule has 2 rings (SSSR count). The number of carboxylic acid groups (broad SMARTS) is 1. The van der Waals surface area contributed by atoms with E-state index < -0.39 is 5.97 Å². The van der Waals surface area contributed by atoms with Crippen LogP contribution in [-0.4, -0.2) is 35.1 Å². The summed E-state index contributed by atoms with van der Waals surface area (Å²) in [6.07, 6.45) is 2.03. The first-order valence-corrected chi connectivity index (χ1v) is 5.87. The molecule has 5 heteroatoms. The van der Waals surface area contributed by atoms with Gasteiger partial charge < -0.3 is 15.3 Å². The Morgan fingerprint density at radius 3 is 2.61 bits per heavy atom. The summed E-state index contributed by atoms with van der Waals surface area (Å²) >= 11 is 0. The Balaban J connectivity index is 2.17. The van der Waals surface area contributed by atoms with Crippen molar-refractivity contribution in [2.45, 2.75) is 25.8 Å². The molecular formula is C13H16N2O3. The van der Waals surface area contributed by atoms with Crippen LogP contribution < -0.4 is 5.32 Å². The van der Waals surface area contributed by atoms with Crippen LogP contribution in [-0.2, 0) is 0 Å². The van der Waals surface area contributed by atoms with Gasteiger partial charge in [0.25, 0.3) is 0 Å². The molecule has 0 spiro atoms. The molecule has 2 amide bonds. The molecule has 96 valence electrons. The third kappa shape index (κ3) is 2.61. The molecule has 0 aromatic heterocycles. The van der Waals surface area contributed by atoms with Gasteiger partial charge in [-0.3, -0.25) is 0 Å². The van der Waals surface area contributed by atoms with E-state index in [0.29, 0.717) is 11.7 Å². The fourth-order valence-electron chi connectivity index (χ4n) is 1.78. The number of benzene rings is 1. The molecule has 1 aliphatic carbocycles. The Morgan fingerprint density at radius 2 is 2.06 bits per heavy atom. The van der Waals surface area contributed by atoms with Gasteiger partial charge in [-0.1, -0.05) is 11.6 Å². The number of aromatic carboxylic acids is 1. The standard InChI is InChI=1S/C13H16N2O3/c1-8-3-6-11(10(7-8)12(16)17)14-13(18)15(2)9-4-5-9/h3,6-7,9H,4-5H2,1-2H3,(H,14,18)(H,16,17). The van der Waals surface area contributed by atoms with Crippen molar-refractivity contribution in [3.8, 4) is 0 Å². The number of urea groups is 1. The molecule has 1 aromatic carbocycles. The van der Waals surface area contributed by atoms with E-state index >= 15 is 0 Å². The summed E-state index contributed by atoms with van der Waals surface area (Å²) in [6.45, 7) is 1.81. The number of hydrogen-bond acceptors (Lipinski definition) is 2. The van der Waals surface area contributed by atoms with E-state index in [-0.39, 0.29) is 11.6 Å². The number of nitrogens with zero attached hydrogens (tertiary/aromatic N) is 1. The summed E-state index contributed by atoms with van der Waals surface area (Å²) in [5, 5.41) is 11.7. The van der Waals surface area contributed by atoms with Crippen molar-refractivity contribution in [3.63, 3.8) is 0 Å². The molecule has 0 unspecified atom stereocenters. The highest BCUT2D eigenvalue weighted by Crippen LogP contribution is 2.26. The first-order valence-electron chi connectivity index (χ1n) is 5.87. The highest BCUT2D eigenvalue weighted by atomic mass is 16.4. The maximum absolute atomic E-state index is 11.9. The highest BCUT2D eigenvalue weighted by Gasteiger charge is 2.29. The first kappa shape index (κ1) is 12.4. The van der Waals surface area contributed by atoms with E-state index in [1.165, 1.54) is 0 Å². The summed E-state index contributed by atoms with van der Waals surface area (Å²) in [4.78, 5) is 24.6. The van der Waals surface area contributed by atoms with Gasteiger partial charge in [-0.05, 0) is 31.9 Å². The van der Waals surface area contributed by atoms with Gasteiger partial charge in [0, 0.05) is 13.1 Å². The van der Waals surface area contributed by atoms with Gasteiger partial charge >= 0.3 is 12.0 Å². The zero-order chi connectivity index (χ0) is 13.3. The van der Waals surface area contributed by atoms with E-state index in [4.69, 9.17) is 5.11 Å². The molecule has 0 saturated heterocycles. The van der Waals surface area contributed by atoms with E-state index in [2.05, 4.69) is 5.32 Å². The second-order valence-electron chi connectivity index (χ2n) is 4.63. The van der Waals surface area contributed by atoms with Gasteiger partial charge in [0.1, 0.15) is 0 Å². The lowest BCUT2D eigenvalue weighted by Gasteiger charge is -2.18. The smallest absolute Gasteiger partial charge is 0.337 e. The number of hydrogen-bond donors (Lipinski definition) is 2. The van der Waals surface area contributed by atoms with Gasteiger partial charge in [0.15, 0.2) is 0 Å². The zero-order valence-electron chi connectivity index (χ0n) is 10.4. The van der Waals surface area contributed by atoms with Gasteiger partial charge in [-0.15, -0.1) is 0 Å². The topological polar surface area (TPSA) is 69.6 Å². The second-order valence-corrected chi connectivity index (χ2v) is 4.63. The Bertz CT molecular complexity index is 495. The minimum atomic E-state index is -1.04. The minimum Gasteiger partial charge on any atom is -0.478 e. The second kappa shape index (κ2) is 4.68.